The molecule has 0 aliphatic carbocycles. The fourth-order valence-electron chi connectivity index (χ4n) is 2.54. The van der Waals surface area contributed by atoms with Gasteiger partial charge in [-0.05, 0) is 43.2 Å². The van der Waals surface area contributed by atoms with Crippen LogP contribution in [0.25, 0.3) is 11.1 Å². The van der Waals surface area contributed by atoms with Gasteiger partial charge in [-0.3, -0.25) is 0 Å². The average Bonchev–Trinajstić information content (AvgIpc) is 2.62. The molecule has 0 saturated heterocycles. The number of hydrogen-bond donors (Lipinski definition) is 1. The molecule has 18 heavy (non-hydrogen) atoms. The van der Waals surface area contributed by atoms with E-state index in [-0.39, 0.29) is 5.60 Å². The van der Waals surface area contributed by atoms with E-state index in [2.05, 4.69) is 32.0 Å². The highest BCUT2D eigenvalue weighted by molar-refractivity contribution is 5.77. The van der Waals surface area contributed by atoms with Gasteiger partial charge in [-0.25, -0.2) is 0 Å². The standard InChI is InChI=1S/C16H17NO/c1-16(2)10-12-9-11(7-8-15(12)18-16)13-5-3-4-6-14(13)17/h3-9H,10,17H2,1-2H3. The lowest BCUT2D eigenvalue weighted by molar-refractivity contribution is 0.138. The van der Waals surface area contributed by atoms with Gasteiger partial charge in [0.25, 0.3) is 0 Å². The second kappa shape index (κ2) is 3.77. The van der Waals surface area contributed by atoms with Crippen LogP contribution in [0.3, 0.4) is 0 Å². The van der Waals surface area contributed by atoms with Gasteiger partial charge in [0.1, 0.15) is 11.4 Å². The third-order valence-corrected chi connectivity index (χ3v) is 3.33. The molecule has 1 heterocycles. The molecule has 0 spiro atoms. The molecule has 0 amide bonds. The fourth-order valence-corrected chi connectivity index (χ4v) is 2.54. The zero-order chi connectivity index (χ0) is 12.8. The fraction of sp³-hybridized carbons (Fsp3) is 0.250. The molecular weight excluding hydrogens is 222 g/mol. The summed E-state index contributed by atoms with van der Waals surface area (Å²) in [6.45, 7) is 4.23. The Hall–Kier alpha value is -1.96. The normalized spacial score (nSPS) is 16.1. The zero-order valence-electron chi connectivity index (χ0n) is 10.7. The molecule has 0 fully saturated rings. The van der Waals surface area contributed by atoms with E-state index >= 15 is 0 Å². The second-order valence-corrected chi connectivity index (χ2v) is 5.45. The summed E-state index contributed by atoms with van der Waals surface area (Å²) in [5, 5.41) is 0. The van der Waals surface area contributed by atoms with Crippen LogP contribution in [0.2, 0.25) is 0 Å². The van der Waals surface area contributed by atoms with Crippen molar-refractivity contribution in [1.29, 1.82) is 0 Å². The summed E-state index contributed by atoms with van der Waals surface area (Å²) in [6, 6.07) is 14.3. The van der Waals surface area contributed by atoms with Crippen LogP contribution in [-0.4, -0.2) is 5.60 Å². The number of ether oxygens (including phenoxy) is 1. The van der Waals surface area contributed by atoms with Gasteiger partial charge in [0.2, 0.25) is 0 Å². The minimum Gasteiger partial charge on any atom is -0.487 e. The second-order valence-electron chi connectivity index (χ2n) is 5.45. The highest BCUT2D eigenvalue weighted by Crippen LogP contribution is 2.38. The van der Waals surface area contributed by atoms with E-state index in [9.17, 15) is 0 Å². The van der Waals surface area contributed by atoms with Crippen molar-refractivity contribution in [3.05, 3.63) is 48.0 Å². The van der Waals surface area contributed by atoms with Crippen LogP contribution in [0.5, 0.6) is 5.75 Å². The van der Waals surface area contributed by atoms with E-state index in [1.807, 2.05) is 24.3 Å². The number of para-hydroxylation sites is 1. The third kappa shape index (κ3) is 1.84. The molecule has 0 radical (unpaired) electrons. The van der Waals surface area contributed by atoms with Crippen molar-refractivity contribution in [2.24, 2.45) is 0 Å². The van der Waals surface area contributed by atoms with Gasteiger partial charge >= 0.3 is 0 Å². The SMILES string of the molecule is CC1(C)Cc2cc(-c3ccccc3N)ccc2O1. The highest BCUT2D eigenvalue weighted by Gasteiger charge is 2.29. The lowest BCUT2D eigenvalue weighted by Crippen LogP contribution is -2.24. The van der Waals surface area contributed by atoms with Crippen LogP contribution in [0.4, 0.5) is 5.69 Å². The molecule has 1 aliphatic heterocycles. The summed E-state index contributed by atoms with van der Waals surface area (Å²) in [5.74, 6) is 0.998. The highest BCUT2D eigenvalue weighted by atomic mass is 16.5. The van der Waals surface area contributed by atoms with E-state index < -0.39 is 0 Å². The molecule has 0 unspecified atom stereocenters. The topological polar surface area (TPSA) is 35.2 Å². The van der Waals surface area contributed by atoms with Gasteiger partial charge in [-0.1, -0.05) is 24.3 Å². The maximum absolute atomic E-state index is 6.02. The minimum atomic E-state index is -0.0941. The van der Waals surface area contributed by atoms with Crippen molar-refractivity contribution in [1.82, 2.24) is 0 Å². The summed E-state index contributed by atoms with van der Waals surface area (Å²) in [4.78, 5) is 0. The third-order valence-electron chi connectivity index (χ3n) is 3.33. The van der Waals surface area contributed by atoms with Crippen LogP contribution >= 0.6 is 0 Å². The first-order valence-electron chi connectivity index (χ1n) is 6.22. The summed E-state index contributed by atoms with van der Waals surface area (Å²) in [6.07, 6.45) is 0.947. The number of fused-ring (bicyclic) bond motifs is 1. The van der Waals surface area contributed by atoms with Crippen LogP contribution in [0.1, 0.15) is 19.4 Å². The number of nitrogens with two attached hydrogens (primary N) is 1. The first-order chi connectivity index (χ1) is 8.55. The van der Waals surface area contributed by atoms with E-state index in [0.717, 1.165) is 29.0 Å². The van der Waals surface area contributed by atoms with Crippen molar-refractivity contribution < 1.29 is 4.74 Å². The minimum absolute atomic E-state index is 0.0941. The van der Waals surface area contributed by atoms with E-state index in [1.54, 1.807) is 0 Å². The van der Waals surface area contributed by atoms with Crippen molar-refractivity contribution in [3.8, 4) is 16.9 Å². The Morgan fingerprint density at radius 3 is 2.67 bits per heavy atom. The van der Waals surface area contributed by atoms with Gasteiger partial charge in [0, 0.05) is 17.7 Å². The maximum atomic E-state index is 6.02. The van der Waals surface area contributed by atoms with E-state index in [1.165, 1.54) is 5.56 Å². The molecule has 0 bridgehead atoms. The summed E-state index contributed by atoms with van der Waals surface area (Å²) >= 11 is 0. The van der Waals surface area contributed by atoms with Crippen molar-refractivity contribution in [2.45, 2.75) is 25.9 Å². The molecule has 2 aromatic carbocycles. The summed E-state index contributed by atoms with van der Waals surface area (Å²) in [7, 11) is 0. The Balaban J connectivity index is 2.05. The van der Waals surface area contributed by atoms with E-state index in [0.29, 0.717) is 0 Å². The monoisotopic (exact) mass is 239 g/mol. The molecule has 2 heteroatoms. The van der Waals surface area contributed by atoms with Crippen LogP contribution in [-0.2, 0) is 6.42 Å². The summed E-state index contributed by atoms with van der Waals surface area (Å²) < 4.78 is 5.88. The Morgan fingerprint density at radius 1 is 1.11 bits per heavy atom. The van der Waals surface area contributed by atoms with Gasteiger partial charge in [-0.15, -0.1) is 0 Å². The molecule has 92 valence electrons. The average molecular weight is 239 g/mol. The van der Waals surface area contributed by atoms with E-state index in [4.69, 9.17) is 10.5 Å². The molecule has 3 rings (SSSR count). The van der Waals surface area contributed by atoms with Gasteiger partial charge in [-0.2, -0.15) is 0 Å². The quantitative estimate of drug-likeness (QED) is 0.771. The molecule has 0 atom stereocenters. The van der Waals surface area contributed by atoms with Gasteiger partial charge in [0.05, 0.1) is 0 Å². The van der Waals surface area contributed by atoms with Crippen LogP contribution < -0.4 is 10.5 Å². The van der Waals surface area contributed by atoms with Crippen LogP contribution in [0.15, 0.2) is 42.5 Å². The Kier molecular flexibility index (Phi) is 2.34. The zero-order valence-corrected chi connectivity index (χ0v) is 10.7. The van der Waals surface area contributed by atoms with Gasteiger partial charge in [0.15, 0.2) is 0 Å². The number of hydrogen-bond acceptors (Lipinski definition) is 2. The number of rotatable bonds is 1. The lowest BCUT2D eigenvalue weighted by Gasteiger charge is -2.16. The largest absolute Gasteiger partial charge is 0.487 e. The molecular formula is C16H17NO. The Morgan fingerprint density at radius 2 is 1.89 bits per heavy atom. The molecule has 2 nitrogen and oxygen atoms in total. The van der Waals surface area contributed by atoms with Crippen molar-refractivity contribution in [2.75, 3.05) is 5.73 Å². The predicted octanol–water partition coefficient (Wildman–Crippen LogP) is 3.65. The van der Waals surface area contributed by atoms with Crippen molar-refractivity contribution >= 4 is 5.69 Å². The van der Waals surface area contributed by atoms with Gasteiger partial charge < -0.3 is 10.5 Å². The smallest absolute Gasteiger partial charge is 0.123 e. The number of anilines is 1. The Bertz CT molecular complexity index is 602. The molecule has 2 aromatic rings. The molecule has 2 N–H and O–H groups in total. The maximum Gasteiger partial charge on any atom is 0.123 e. The first kappa shape index (κ1) is 11.1. The molecule has 1 aliphatic rings. The van der Waals surface area contributed by atoms with Crippen LogP contribution in [0, 0.1) is 0 Å². The number of benzene rings is 2. The first-order valence-corrected chi connectivity index (χ1v) is 6.22. The molecule has 0 aromatic heterocycles. The molecule has 0 saturated carbocycles. The summed E-state index contributed by atoms with van der Waals surface area (Å²) in [5.41, 5.74) is 10.3. The van der Waals surface area contributed by atoms with Crippen molar-refractivity contribution in [3.63, 3.8) is 0 Å². The lowest BCUT2D eigenvalue weighted by atomic mass is 9.97. The Labute approximate surface area is 107 Å². The predicted molar refractivity (Wildman–Crippen MR) is 74.7 cm³/mol. The number of nitrogen functional groups attached to an aromatic ring is 1.